The number of nitrogens with one attached hydrogen (secondary N) is 1. The largest absolute Gasteiger partial charge is 0.361 e. The van der Waals surface area contributed by atoms with Crippen LogP contribution in [0.2, 0.25) is 0 Å². The zero-order chi connectivity index (χ0) is 13.1. The molecule has 2 unspecified atom stereocenters. The van der Waals surface area contributed by atoms with Gasteiger partial charge in [-0.15, -0.1) is 0 Å². The Morgan fingerprint density at radius 2 is 2.39 bits per heavy atom. The summed E-state index contributed by atoms with van der Waals surface area (Å²) in [6, 6.07) is 3.31. The van der Waals surface area contributed by atoms with Crippen molar-refractivity contribution in [2.45, 2.75) is 19.4 Å². The fraction of sp³-hybridized carbons (Fsp3) is 0.583. The van der Waals surface area contributed by atoms with E-state index in [-0.39, 0.29) is 11.7 Å². The van der Waals surface area contributed by atoms with Gasteiger partial charge in [-0.05, 0) is 32.0 Å². The Hall–Kier alpha value is -1.69. The second kappa shape index (κ2) is 5.30. The van der Waals surface area contributed by atoms with Crippen molar-refractivity contribution < 1.29 is 4.92 Å². The Balaban J connectivity index is 2.12. The quantitative estimate of drug-likeness (QED) is 0.653. The molecule has 6 nitrogen and oxygen atoms in total. The van der Waals surface area contributed by atoms with Crippen molar-refractivity contribution in [2.75, 3.05) is 25.5 Å². The summed E-state index contributed by atoms with van der Waals surface area (Å²) in [5.41, 5.74) is 0.0450. The van der Waals surface area contributed by atoms with Crippen LogP contribution < -0.4 is 5.32 Å². The molecule has 1 aromatic heterocycles. The summed E-state index contributed by atoms with van der Waals surface area (Å²) in [4.78, 5) is 16.9. The number of hydrogen-bond donors (Lipinski definition) is 1. The number of rotatable bonds is 3. The standard InChI is InChI=1S/C12H18N4O2/c1-9-8-15(2)7-5-10(9)14-12-11(16(17)18)4-3-6-13-12/h3-4,6,9-10H,5,7-8H2,1-2H3,(H,13,14). The smallest absolute Gasteiger partial charge is 0.311 e. The van der Waals surface area contributed by atoms with Gasteiger partial charge < -0.3 is 10.2 Å². The van der Waals surface area contributed by atoms with Gasteiger partial charge in [0.25, 0.3) is 0 Å². The van der Waals surface area contributed by atoms with Gasteiger partial charge in [-0.25, -0.2) is 4.98 Å². The first-order valence-electron chi connectivity index (χ1n) is 6.12. The van der Waals surface area contributed by atoms with E-state index < -0.39 is 4.92 Å². The van der Waals surface area contributed by atoms with Gasteiger partial charge in [0.15, 0.2) is 0 Å². The molecule has 98 valence electrons. The van der Waals surface area contributed by atoms with E-state index in [9.17, 15) is 10.1 Å². The minimum atomic E-state index is -0.394. The minimum Gasteiger partial charge on any atom is -0.361 e. The van der Waals surface area contributed by atoms with Crippen LogP contribution in [-0.2, 0) is 0 Å². The van der Waals surface area contributed by atoms with Crippen molar-refractivity contribution in [3.8, 4) is 0 Å². The SMILES string of the molecule is CC1CN(C)CCC1Nc1ncccc1[N+](=O)[O-]. The van der Waals surface area contributed by atoms with Crippen molar-refractivity contribution in [3.63, 3.8) is 0 Å². The number of hydrogen-bond acceptors (Lipinski definition) is 5. The Morgan fingerprint density at radius 3 is 3.06 bits per heavy atom. The van der Waals surface area contributed by atoms with E-state index in [2.05, 4.69) is 29.2 Å². The molecule has 0 spiro atoms. The van der Waals surface area contributed by atoms with Crippen molar-refractivity contribution in [3.05, 3.63) is 28.4 Å². The second-order valence-electron chi connectivity index (χ2n) is 4.91. The van der Waals surface area contributed by atoms with Gasteiger partial charge in [0.2, 0.25) is 5.82 Å². The van der Waals surface area contributed by atoms with Crippen LogP contribution >= 0.6 is 0 Å². The molecule has 0 amide bonds. The molecule has 0 bridgehead atoms. The summed E-state index contributed by atoms with van der Waals surface area (Å²) in [6.07, 6.45) is 2.56. The number of anilines is 1. The maximum Gasteiger partial charge on any atom is 0.311 e. The van der Waals surface area contributed by atoms with Crippen molar-refractivity contribution in [2.24, 2.45) is 5.92 Å². The maximum atomic E-state index is 10.9. The highest BCUT2D eigenvalue weighted by Gasteiger charge is 2.26. The molecule has 18 heavy (non-hydrogen) atoms. The molecule has 1 saturated heterocycles. The van der Waals surface area contributed by atoms with Gasteiger partial charge in [0.1, 0.15) is 0 Å². The summed E-state index contributed by atoms with van der Waals surface area (Å²) < 4.78 is 0. The predicted octanol–water partition coefficient (Wildman–Crippen LogP) is 1.74. The summed E-state index contributed by atoms with van der Waals surface area (Å²) in [5, 5.41) is 14.1. The van der Waals surface area contributed by atoms with Crippen molar-refractivity contribution in [1.82, 2.24) is 9.88 Å². The topological polar surface area (TPSA) is 71.3 Å². The first kappa shape index (κ1) is 12.8. The van der Waals surface area contributed by atoms with Crippen LogP contribution in [-0.4, -0.2) is 41.0 Å². The third kappa shape index (κ3) is 2.76. The molecule has 2 atom stereocenters. The van der Waals surface area contributed by atoms with Gasteiger partial charge in [0.05, 0.1) is 4.92 Å². The maximum absolute atomic E-state index is 10.9. The molecular weight excluding hydrogens is 232 g/mol. The molecule has 0 radical (unpaired) electrons. The van der Waals surface area contributed by atoms with E-state index in [1.807, 2.05) is 0 Å². The Bertz CT molecular complexity index is 438. The Kier molecular flexibility index (Phi) is 3.76. The van der Waals surface area contributed by atoms with E-state index in [1.54, 1.807) is 12.3 Å². The highest BCUT2D eigenvalue weighted by molar-refractivity contribution is 5.55. The molecule has 1 fully saturated rings. The van der Waals surface area contributed by atoms with Crippen LogP contribution in [0.3, 0.4) is 0 Å². The molecule has 1 aliphatic heterocycles. The number of pyridine rings is 1. The van der Waals surface area contributed by atoms with Crippen LogP contribution in [0.15, 0.2) is 18.3 Å². The monoisotopic (exact) mass is 250 g/mol. The Morgan fingerprint density at radius 1 is 1.61 bits per heavy atom. The molecule has 1 N–H and O–H groups in total. The van der Waals surface area contributed by atoms with Gasteiger partial charge in [-0.1, -0.05) is 6.92 Å². The minimum absolute atomic E-state index is 0.0450. The third-order valence-electron chi connectivity index (χ3n) is 3.41. The average Bonchev–Trinajstić information content (AvgIpc) is 2.33. The number of nitro groups is 1. The lowest BCUT2D eigenvalue weighted by Crippen LogP contribution is -2.43. The number of nitrogens with zero attached hydrogens (tertiary/aromatic N) is 3. The molecule has 1 aliphatic rings. The fourth-order valence-electron chi connectivity index (χ4n) is 2.40. The van der Waals surface area contributed by atoms with Gasteiger partial charge in [0, 0.05) is 24.8 Å². The fourth-order valence-corrected chi connectivity index (χ4v) is 2.40. The Labute approximate surface area is 106 Å². The first-order chi connectivity index (χ1) is 8.58. The number of likely N-dealkylation sites (tertiary alicyclic amines) is 1. The molecule has 6 heteroatoms. The summed E-state index contributed by atoms with van der Waals surface area (Å²) in [6.45, 7) is 4.16. The first-order valence-corrected chi connectivity index (χ1v) is 6.12. The van der Waals surface area contributed by atoms with Crippen molar-refractivity contribution in [1.29, 1.82) is 0 Å². The van der Waals surface area contributed by atoms with Crippen LogP contribution in [0.4, 0.5) is 11.5 Å². The van der Waals surface area contributed by atoms with Gasteiger partial charge >= 0.3 is 5.69 Å². The van der Waals surface area contributed by atoms with Crippen LogP contribution in [0.25, 0.3) is 0 Å². The molecule has 1 aromatic rings. The predicted molar refractivity (Wildman–Crippen MR) is 69.6 cm³/mol. The second-order valence-corrected chi connectivity index (χ2v) is 4.91. The normalized spacial score (nSPS) is 24.8. The number of aromatic nitrogens is 1. The number of piperidine rings is 1. The van der Waals surface area contributed by atoms with Crippen LogP contribution in [0.5, 0.6) is 0 Å². The molecule has 2 heterocycles. The summed E-state index contributed by atoms with van der Waals surface area (Å²) in [5.74, 6) is 0.828. The summed E-state index contributed by atoms with van der Waals surface area (Å²) in [7, 11) is 2.09. The van der Waals surface area contributed by atoms with Crippen molar-refractivity contribution >= 4 is 11.5 Å². The van der Waals surface area contributed by atoms with Gasteiger partial charge in [-0.3, -0.25) is 10.1 Å². The molecule has 0 aliphatic carbocycles. The zero-order valence-corrected chi connectivity index (χ0v) is 10.7. The molecule has 2 rings (SSSR count). The van der Waals surface area contributed by atoms with Crippen LogP contribution in [0, 0.1) is 16.0 Å². The highest BCUT2D eigenvalue weighted by atomic mass is 16.6. The highest BCUT2D eigenvalue weighted by Crippen LogP contribution is 2.25. The van der Waals surface area contributed by atoms with E-state index >= 15 is 0 Å². The van der Waals surface area contributed by atoms with Gasteiger partial charge in [-0.2, -0.15) is 0 Å². The summed E-state index contributed by atoms with van der Waals surface area (Å²) >= 11 is 0. The molecule has 0 saturated carbocycles. The zero-order valence-electron chi connectivity index (χ0n) is 10.7. The van der Waals surface area contributed by atoms with E-state index in [4.69, 9.17) is 0 Å². The third-order valence-corrected chi connectivity index (χ3v) is 3.41. The van der Waals surface area contributed by atoms with E-state index in [0.29, 0.717) is 11.7 Å². The molecular formula is C12H18N4O2. The lowest BCUT2D eigenvalue weighted by atomic mass is 9.94. The van der Waals surface area contributed by atoms with E-state index in [1.165, 1.54) is 6.07 Å². The van der Waals surface area contributed by atoms with Crippen LogP contribution in [0.1, 0.15) is 13.3 Å². The van der Waals surface area contributed by atoms with E-state index in [0.717, 1.165) is 19.5 Å². The molecule has 0 aromatic carbocycles. The average molecular weight is 250 g/mol. The lowest BCUT2D eigenvalue weighted by molar-refractivity contribution is -0.384. The lowest BCUT2D eigenvalue weighted by Gasteiger charge is -2.35.